The van der Waals surface area contributed by atoms with Crippen LogP contribution in [0.15, 0.2) is 91.1 Å². The molecule has 1 aliphatic carbocycles. The number of carbonyl (C=O) groups is 2. The zero-order valence-electron chi connectivity index (χ0n) is 26.4. The highest BCUT2D eigenvalue weighted by molar-refractivity contribution is 7.87. The molecule has 0 bridgehead atoms. The Balaban J connectivity index is 1.63. The van der Waals surface area contributed by atoms with Crippen LogP contribution >= 0.6 is 0 Å². The lowest BCUT2D eigenvalue weighted by atomic mass is 9.81. The van der Waals surface area contributed by atoms with Crippen molar-refractivity contribution in [2.24, 2.45) is 0 Å². The number of ether oxygens (including phenoxy) is 1. The fraction of sp³-hybridized carbons (Fsp3) is 0.0645. The summed E-state index contributed by atoms with van der Waals surface area (Å²) in [7, 11) is -20.3. The van der Waals surface area contributed by atoms with Crippen LogP contribution in [0.2, 0.25) is 0 Å². The molecule has 0 radical (unpaired) electrons. The fourth-order valence-corrected chi connectivity index (χ4v) is 8.55. The number of pyridine rings is 1. The zero-order chi connectivity index (χ0) is 39.0. The number of anilines is 2. The van der Waals surface area contributed by atoms with Crippen molar-refractivity contribution in [3.8, 4) is 11.1 Å². The molecule has 18 nitrogen and oxygen atoms in total. The quantitative estimate of drug-likeness (QED) is 0.0903. The number of ketones is 1. The van der Waals surface area contributed by atoms with Gasteiger partial charge in [-0.15, -0.1) is 0 Å². The third-order valence-corrected chi connectivity index (χ3v) is 11.7. The van der Waals surface area contributed by atoms with Gasteiger partial charge in [0.15, 0.2) is 5.78 Å². The van der Waals surface area contributed by atoms with Gasteiger partial charge in [0.25, 0.3) is 46.0 Å². The molecule has 0 aliphatic heterocycles. The van der Waals surface area contributed by atoms with E-state index in [9.17, 15) is 66.3 Å². The lowest BCUT2D eigenvalue weighted by Crippen LogP contribution is -2.26. The maximum Gasteiger partial charge on any atom is 0.344 e. The van der Waals surface area contributed by atoms with Gasteiger partial charge in [-0.05, 0) is 53.9 Å². The summed E-state index contributed by atoms with van der Waals surface area (Å²) < 4.78 is 142. The van der Waals surface area contributed by atoms with Crippen molar-refractivity contribution < 1.29 is 66.2 Å². The van der Waals surface area contributed by atoms with E-state index in [1.54, 1.807) is 0 Å². The van der Waals surface area contributed by atoms with E-state index in [4.69, 9.17) is 4.74 Å². The monoisotopic (exact) mass is 806 g/mol. The number of aromatic amines is 1. The molecular weight excluding hydrogens is 785 g/mol. The van der Waals surface area contributed by atoms with Gasteiger partial charge in [-0.25, -0.2) is 4.79 Å². The Morgan fingerprint density at radius 1 is 0.698 bits per heavy atom. The van der Waals surface area contributed by atoms with Crippen LogP contribution in [-0.4, -0.2) is 68.6 Å². The average molecular weight is 807 g/mol. The van der Waals surface area contributed by atoms with Gasteiger partial charge in [-0.3, -0.25) is 27.8 Å². The summed E-state index contributed by atoms with van der Waals surface area (Å²) in [5.74, 6) is -2.23. The summed E-state index contributed by atoms with van der Waals surface area (Å²) in [4.78, 5) is 40.0. The third-order valence-electron chi connectivity index (χ3n) is 8.11. The molecule has 6 rings (SSSR count). The fourth-order valence-electron chi connectivity index (χ4n) is 5.84. The molecule has 0 spiro atoms. The summed E-state index contributed by atoms with van der Waals surface area (Å²) in [6, 6.07) is 11.6. The molecule has 0 saturated heterocycles. The molecule has 22 heteroatoms. The average Bonchev–Trinajstić information content (AvgIpc) is 3.04. The number of benzene rings is 4. The first-order valence-corrected chi connectivity index (χ1v) is 20.2. The van der Waals surface area contributed by atoms with Crippen molar-refractivity contribution in [2.45, 2.75) is 33.1 Å². The number of H-pyrrole nitrogens is 1. The van der Waals surface area contributed by atoms with Gasteiger partial charge >= 0.3 is 5.97 Å². The minimum absolute atomic E-state index is 0.0634. The van der Waals surface area contributed by atoms with Gasteiger partial charge < -0.3 is 15.0 Å². The molecule has 1 aromatic heterocycles. The molecule has 0 saturated carbocycles. The Labute approximate surface area is 299 Å². The van der Waals surface area contributed by atoms with Crippen LogP contribution in [0, 0.1) is 6.92 Å². The summed E-state index contributed by atoms with van der Waals surface area (Å²) >= 11 is 0. The van der Waals surface area contributed by atoms with Crippen LogP contribution in [-0.2, 0) is 51.8 Å². The maximum atomic E-state index is 14.1. The Hall–Kier alpha value is -5.33. The third kappa shape index (κ3) is 6.84. The minimum Gasteiger partial charge on any atom is -0.457 e. The first kappa shape index (κ1) is 37.4. The smallest absolute Gasteiger partial charge is 0.344 e. The Morgan fingerprint density at radius 3 is 1.92 bits per heavy atom. The van der Waals surface area contributed by atoms with Crippen LogP contribution in [0.4, 0.5) is 11.4 Å². The zero-order valence-corrected chi connectivity index (χ0v) is 29.6. The number of rotatable bonds is 9. The molecular formula is C31H22N2O16S4. The molecule has 0 atom stereocenters. The molecule has 0 amide bonds. The van der Waals surface area contributed by atoms with E-state index in [0.29, 0.717) is 18.2 Å². The van der Waals surface area contributed by atoms with E-state index in [0.717, 1.165) is 12.1 Å². The second kappa shape index (κ2) is 12.7. The number of aromatic nitrogens is 1. The van der Waals surface area contributed by atoms with E-state index in [1.165, 1.54) is 43.3 Å². The van der Waals surface area contributed by atoms with Gasteiger partial charge in [-0.2, -0.15) is 33.7 Å². The van der Waals surface area contributed by atoms with Gasteiger partial charge in [0.2, 0.25) is 0 Å². The molecule has 53 heavy (non-hydrogen) atoms. The standard InChI is InChI=1S/C31H22N2O16S4/c1-14-6-7-15(10-21(14)51(40,41)42)13-49-31(36)27-24-17-4-2-3-5-18(17)29(34)25-20(12-23(53(46,47)48)28(26(24)25)33-30(27)35)32-19-9-8-16(50(37,38)39)11-22(19)52(43,44)45/h2-12,32H,13H2,1H3,(H,33,35)(H,37,38,39)(H,40,41,42)(H,43,44,45)(H,46,47,48). The molecule has 1 aliphatic rings. The van der Waals surface area contributed by atoms with Crippen LogP contribution in [0.3, 0.4) is 0 Å². The van der Waals surface area contributed by atoms with E-state index in [-0.39, 0.29) is 27.8 Å². The topological polar surface area (TPSA) is 306 Å². The van der Waals surface area contributed by atoms with Crippen molar-refractivity contribution in [3.05, 3.63) is 105 Å². The summed E-state index contributed by atoms with van der Waals surface area (Å²) in [5, 5.41) is 1.99. The molecule has 4 aromatic carbocycles. The van der Waals surface area contributed by atoms with Crippen LogP contribution in [0.1, 0.15) is 37.4 Å². The highest BCUT2D eigenvalue weighted by atomic mass is 32.2. The van der Waals surface area contributed by atoms with E-state index in [2.05, 4.69) is 10.3 Å². The van der Waals surface area contributed by atoms with Crippen LogP contribution < -0.4 is 10.9 Å². The predicted octanol–water partition coefficient (Wildman–Crippen LogP) is 3.14. The lowest BCUT2D eigenvalue weighted by molar-refractivity contribution is 0.0471. The first-order chi connectivity index (χ1) is 24.5. The van der Waals surface area contributed by atoms with E-state index >= 15 is 0 Å². The van der Waals surface area contributed by atoms with Gasteiger partial charge in [-0.1, -0.05) is 36.4 Å². The number of hydrogen-bond donors (Lipinski definition) is 6. The molecule has 1 heterocycles. The number of esters is 1. The van der Waals surface area contributed by atoms with Gasteiger partial charge in [0, 0.05) is 16.5 Å². The Bertz CT molecular complexity index is 2990. The molecule has 5 aromatic rings. The van der Waals surface area contributed by atoms with Gasteiger partial charge in [0.05, 0.1) is 32.2 Å². The summed E-state index contributed by atoms with van der Waals surface area (Å²) in [6.07, 6.45) is 0. The molecule has 276 valence electrons. The maximum absolute atomic E-state index is 14.1. The van der Waals surface area contributed by atoms with Crippen LogP contribution in [0.25, 0.3) is 22.0 Å². The Morgan fingerprint density at radius 2 is 1.32 bits per heavy atom. The number of nitrogens with one attached hydrogen (secondary N) is 2. The lowest BCUT2D eigenvalue weighted by Gasteiger charge is -2.25. The van der Waals surface area contributed by atoms with Crippen molar-refractivity contribution in [3.63, 3.8) is 0 Å². The predicted molar refractivity (Wildman–Crippen MR) is 183 cm³/mol. The second-order valence-electron chi connectivity index (χ2n) is 11.5. The number of carbonyl (C=O) groups excluding carboxylic acids is 2. The number of aryl methyl sites for hydroxylation is 1. The van der Waals surface area contributed by atoms with Crippen molar-refractivity contribution in [1.29, 1.82) is 0 Å². The van der Waals surface area contributed by atoms with Crippen molar-refractivity contribution in [1.82, 2.24) is 4.98 Å². The van der Waals surface area contributed by atoms with E-state index in [1.807, 2.05) is 0 Å². The number of hydrogen-bond acceptors (Lipinski definition) is 13. The summed E-state index contributed by atoms with van der Waals surface area (Å²) in [6.45, 7) is 0.748. The van der Waals surface area contributed by atoms with Crippen LogP contribution in [0.5, 0.6) is 0 Å². The first-order valence-electron chi connectivity index (χ1n) is 14.5. The van der Waals surface area contributed by atoms with E-state index < -0.39 is 117 Å². The molecule has 6 N–H and O–H groups in total. The van der Waals surface area contributed by atoms with Crippen molar-refractivity contribution in [2.75, 3.05) is 5.32 Å². The number of fused-ring (bicyclic) bond motifs is 2. The highest BCUT2D eigenvalue weighted by Crippen LogP contribution is 2.46. The van der Waals surface area contributed by atoms with Crippen molar-refractivity contribution >= 4 is 74.5 Å². The molecule has 0 fully saturated rings. The van der Waals surface area contributed by atoms with Gasteiger partial charge in [0.1, 0.15) is 22.0 Å². The highest BCUT2D eigenvalue weighted by Gasteiger charge is 2.36. The summed E-state index contributed by atoms with van der Waals surface area (Å²) in [5.41, 5.74) is -4.81. The second-order valence-corrected chi connectivity index (χ2v) is 17.1. The SMILES string of the molecule is Cc1ccc(COC(=O)c2c3c4c(c(Nc5ccc(S(=O)(=O)O)cc5S(=O)(=O)O)cc(S(=O)(=O)O)c4[nH]c2=O)C(=O)c2ccccc2-3)cc1S(=O)(=O)O. The largest absolute Gasteiger partial charge is 0.457 e. The minimum atomic E-state index is -5.32. The normalized spacial score (nSPS) is 13.1. The Kier molecular flexibility index (Phi) is 8.94. The molecule has 0 unspecified atom stereocenters.